The van der Waals surface area contributed by atoms with Crippen molar-refractivity contribution in [1.82, 2.24) is 5.32 Å². The molecule has 0 rings (SSSR count). The molecule has 0 spiro atoms. The number of carbonyl (C=O) groups is 2. The molecule has 0 bridgehead atoms. The van der Waals surface area contributed by atoms with Crippen molar-refractivity contribution < 1.29 is 37.3 Å². The van der Waals surface area contributed by atoms with E-state index in [-0.39, 0.29) is 31.5 Å². The lowest BCUT2D eigenvalue weighted by atomic mass is 10.1. The van der Waals surface area contributed by atoms with Crippen LogP contribution in [0.15, 0.2) is 122 Å². The third kappa shape index (κ3) is 57.1. The van der Waals surface area contributed by atoms with Gasteiger partial charge in [-0.05, 0) is 115 Å². The highest BCUT2D eigenvalue weighted by Gasteiger charge is 2.30. The van der Waals surface area contributed by atoms with Crippen LogP contribution in [0.3, 0.4) is 0 Å². The standard InChI is InChI=1S/C68H117N2O7P/c1-7-10-13-16-19-22-25-27-29-30-31-32-33-34-35-36-37-38-39-40-41-43-46-49-52-55-58-61-68(72)77-66(59-56-53-50-47-44-24-21-18-15-12-9-3)65(64-76-78(73,74)75-63-62-70(4,5)6)69-67(71)60-57-54-51-48-45-42-28-26-23-20-17-14-11-8-2/h10-11,13-14,19-20,22-23,27-29,31-32,34-35,37-38,42,56,59,65-66H,7-9,12,15-18,21,24-26,30,33,36,39-41,43-55,57-58,60-64H2,1-6H3,(H-,69,71,73,74)/p+1/b13-10-,14-11+,22-19-,23-20+,29-27-,32-31-,35-34-,38-37-,42-28+,59-56-. The Morgan fingerprint density at radius 3 is 1.23 bits per heavy atom. The lowest BCUT2D eigenvalue weighted by Crippen LogP contribution is -2.47. The van der Waals surface area contributed by atoms with Gasteiger partial charge in [0.15, 0.2) is 0 Å². The van der Waals surface area contributed by atoms with Gasteiger partial charge in [-0.3, -0.25) is 18.6 Å². The van der Waals surface area contributed by atoms with Gasteiger partial charge in [-0.25, -0.2) is 4.57 Å². The van der Waals surface area contributed by atoms with Crippen molar-refractivity contribution in [2.24, 2.45) is 0 Å². The second-order valence-electron chi connectivity index (χ2n) is 21.8. The van der Waals surface area contributed by atoms with E-state index >= 15 is 0 Å². The Morgan fingerprint density at radius 2 is 0.821 bits per heavy atom. The molecule has 0 aromatic heterocycles. The van der Waals surface area contributed by atoms with Gasteiger partial charge < -0.3 is 19.4 Å². The fraction of sp³-hybridized carbons (Fsp3) is 0.676. The predicted molar refractivity (Wildman–Crippen MR) is 336 cm³/mol. The smallest absolute Gasteiger partial charge is 0.456 e. The Hall–Kier alpha value is -3.59. The lowest BCUT2D eigenvalue weighted by molar-refractivity contribution is -0.870. The average Bonchev–Trinajstić information content (AvgIpc) is 3.40. The molecular formula is C68H118N2O7P+. The van der Waals surface area contributed by atoms with Crippen molar-refractivity contribution >= 4 is 19.7 Å². The summed E-state index contributed by atoms with van der Waals surface area (Å²) >= 11 is 0. The molecule has 0 fully saturated rings. The minimum Gasteiger partial charge on any atom is -0.456 e. The number of ether oxygens (including phenoxy) is 1. The van der Waals surface area contributed by atoms with E-state index in [9.17, 15) is 19.0 Å². The van der Waals surface area contributed by atoms with Crippen molar-refractivity contribution in [3.63, 3.8) is 0 Å². The van der Waals surface area contributed by atoms with Crippen LogP contribution in [0.25, 0.3) is 0 Å². The van der Waals surface area contributed by atoms with Gasteiger partial charge in [0.2, 0.25) is 5.91 Å². The topological polar surface area (TPSA) is 111 Å². The summed E-state index contributed by atoms with van der Waals surface area (Å²) in [7, 11) is 1.46. The van der Waals surface area contributed by atoms with E-state index in [2.05, 4.69) is 135 Å². The first kappa shape index (κ1) is 74.4. The van der Waals surface area contributed by atoms with Crippen molar-refractivity contribution in [2.75, 3.05) is 40.9 Å². The highest BCUT2D eigenvalue weighted by molar-refractivity contribution is 7.47. The number of phosphoric ester groups is 1. The van der Waals surface area contributed by atoms with Crippen LogP contribution >= 0.6 is 7.82 Å². The van der Waals surface area contributed by atoms with Crippen molar-refractivity contribution in [3.05, 3.63) is 122 Å². The molecule has 1 amide bonds. The maximum Gasteiger partial charge on any atom is 0.472 e. The molecule has 0 aromatic rings. The number of nitrogens with zero attached hydrogens (tertiary/aromatic N) is 1. The van der Waals surface area contributed by atoms with Gasteiger partial charge in [-0.1, -0.05) is 239 Å². The van der Waals surface area contributed by atoms with Gasteiger partial charge in [-0.2, -0.15) is 0 Å². The van der Waals surface area contributed by atoms with Crippen LogP contribution in [0, 0.1) is 0 Å². The van der Waals surface area contributed by atoms with Crippen molar-refractivity contribution in [3.8, 4) is 0 Å². The molecule has 0 saturated carbocycles. The van der Waals surface area contributed by atoms with Gasteiger partial charge in [-0.15, -0.1) is 0 Å². The molecule has 10 heteroatoms. The molecule has 0 heterocycles. The second-order valence-corrected chi connectivity index (χ2v) is 23.3. The van der Waals surface area contributed by atoms with Crippen LogP contribution in [-0.4, -0.2) is 74.3 Å². The summed E-state index contributed by atoms with van der Waals surface area (Å²) in [5.41, 5.74) is 0. The second kappa shape index (κ2) is 56.7. The van der Waals surface area contributed by atoms with Gasteiger partial charge in [0, 0.05) is 12.8 Å². The van der Waals surface area contributed by atoms with E-state index in [1.54, 1.807) is 0 Å². The Labute approximate surface area is 480 Å². The normalized spacial score (nSPS) is 14.5. The van der Waals surface area contributed by atoms with E-state index < -0.39 is 20.0 Å². The summed E-state index contributed by atoms with van der Waals surface area (Å²) in [6.45, 7) is 6.74. The maximum absolute atomic E-state index is 13.5. The number of rotatable bonds is 55. The van der Waals surface area contributed by atoms with Crippen LogP contribution in [0.2, 0.25) is 0 Å². The molecule has 3 atom stereocenters. The Balaban J connectivity index is 5.14. The molecule has 78 heavy (non-hydrogen) atoms. The van der Waals surface area contributed by atoms with Crippen LogP contribution in [0.5, 0.6) is 0 Å². The predicted octanol–water partition coefficient (Wildman–Crippen LogP) is 19.5. The highest BCUT2D eigenvalue weighted by Crippen LogP contribution is 2.43. The first-order chi connectivity index (χ1) is 37.9. The van der Waals surface area contributed by atoms with E-state index in [0.717, 1.165) is 135 Å². The van der Waals surface area contributed by atoms with Crippen molar-refractivity contribution in [1.29, 1.82) is 0 Å². The quantitative estimate of drug-likeness (QED) is 0.0205. The van der Waals surface area contributed by atoms with E-state index in [4.69, 9.17) is 13.8 Å². The van der Waals surface area contributed by atoms with Gasteiger partial charge in [0.25, 0.3) is 0 Å². The van der Waals surface area contributed by atoms with E-state index in [1.807, 2.05) is 33.3 Å². The lowest BCUT2D eigenvalue weighted by Gasteiger charge is -2.27. The van der Waals surface area contributed by atoms with Gasteiger partial charge in [0.05, 0.1) is 33.8 Å². The number of amides is 1. The first-order valence-electron chi connectivity index (χ1n) is 31.4. The SMILES string of the molecule is CC/C=C\C/C=C\C/C=C\C/C=C\C/C=C\C/C=C\CCCCCCCCCCC(=O)OC(/C=C\CCCCCCCCCCC)C(COP(=O)(O)OCC[N+](C)(C)C)NC(=O)CCCCCC/C=C/C/C=C/C/C=C/CC. The number of quaternary nitrogens is 1. The average molecular weight is 1110 g/mol. The zero-order chi connectivity index (χ0) is 57.2. The van der Waals surface area contributed by atoms with Crippen LogP contribution < -0.4 is 5.32 Å². The number of carbonyl (C=O) groups excluding carboxylic acids is 2. The molecule has 0 aromatic carbocycles. The Kier molecular flexibility index (Phi) is 54.1. The third-order valence-corrected chi connectivity index (χ3v) is 14.1. The monoisotopic (exact) mass is 1110 g/mol. The molecule has 3 unspecified atom stereocenters. The molecule has 9 nitrogen and oxygen atoms in total. The summed E-state index contributed by atoms with van der Waals surface area (Å²) in [5.74, 6) is -0.549. The number of allylic oxidation sites excluding steroid dienone is 19. The Morgan fingerprint density at radius 1 is 0.462 bits per heavy atom. The summed E-state index contributed by atoms with van der Waals surface area (Å²) in [5, 5.41) is 3.03. The molecular weight excluding hydrogens is 988 g/mol. The molecule has 2 N–H and O–H groups in total. The number of unbranched alkanes of at least 4 members (excludes halogenated alkanes) is 21. The minimum absolute atomic E-state index is 0.0280. The van der Waals surface area contributed by atoms with Crippen LogP contribution in [0.1, 0.15) is 245 Å². The zero-order valence-electron chi connectivity index (χ0n) is 50.9. The van der Waals surface area contributed by atoms with Crippen LogP contribution in [-0.2, 0) is 27.9 Å². The highest BCUT2D eigenvalue weighted by atomic mass is 31.2. The Bertz CT molecular complexity index is 1750. The zero-order valence-corrected chi connectivity index (χ0v) is 51.8. The molecule has 0 radical (unpaired) electrons. The van der Waals surface area contributed by atoms with Gasteiger partial charge >= 0.3 is 13.8 Å². The summed E-state index contributed by atoms with van der Waals surface area (Å²) in [6.07, 6.45) is 79.2. The van der Waals surface area contributed by atoms with E-state index in [0.29, 0.717) is 23.9 Å². The molecule has 0 aliphatic rings. The maximum atomic E-state index is 13.5. The number of esters is 1. The van der Waals surface area contributed by atoms with Crippen molar-refractivity contribution in [2.45, 2.75) is 258 Å². The largest absolute Gasteiger partial charge is 0.472 e. The summed E-state index contributed by atoms with van der Waals surface area (Å²) < 4.78 is 30.6. The molecule has 446 valence electrons. The third-order valence-electron chi connectivity index (χ3n) is 13.1. The summed E-state index contributed by atoms with van der Waals surface area (Å²) in [4.78, 5) is 37.7. The number of phosphoric acid groups is 1. The summed E-state index contributed by atoms with van der Waals surface area (Å²) in [6, 6.07) is -0.871. The molecule has 0 aliphatic carbocycles. The number of hydrogen-bond acceptors (Lipinski definition) is 6. The van der Waals surface area contributed by atoms with E-state index in [1.165, 1.54) is 70.6 Å². The number of likely N-dealkylation sites (N-methyl/N-ethyl adjacent to an activating group) is 1. The molecule has 0 saturated heterocycles. The fourth-order valence-electron chi connectivity index (χ4n) is 8.37. The number of hydrogen-bond donors (Lipinski definition) is 2. The fourth-order valence-corrected chi connectivity index (χ4v) is 9.10. The first-order valence-corrected chi connectivity index (χ1v) is 32.9. The number of nitrogens with one attached hydrogen (secondary N) is 1. The van der Waals surface area contributed by atoms with Gasteiger partial charge in [0.1, 0.15) is 19.3 Å². The van der Waals surface area contributed by atoms with Crippen LogP contribution in [0.4, 0.5) is 0 Å². The minimum atomic E-state index is -4.46. The molecule has 0 aliphatic heterocycles.